The molecular weight excluding hydrogens is 509 g/mol. The number of thiocarbonyl (C=S) groups is 1. The van der Waals surface area contributed by atoms with E-state index >= 15 is 0 Å². The van der Waals surface area contributed by atoms with Gasteiger partial charge in [-0.25, -0.2) is 4.98 Å². The molecule has 0 aliphatic heterocycles. The largest absolute Gasteiger partial charge is 0.332 e. The number of benzene rings is 2. The molecule has 27 heavy (non-hydrogen) atoms. The van der Waals surface area contributed by atoms with E-state index in [-0.39, 0.29) is 11.0 Å². The van der Waals surface area contributed by atoms with Crippen LogP contribution in [-0.2, 0) is 0 Å². The molecule has 0 fully saturated rings. The predicted octanol–water partition coefficient (Wildman–Crippen LogP) is 5.76. The van der Waals surface area contributed by atoms with E-state index in [1.54, 1.807) is 17.4 Å². The average molecular weight is 521 g/mol. The molecule has 0 radical (unpaired) electrons. The van der Waals surface area contributed by atoms with E-state index < -0.39 is 0 Å². The second-order valence-corrected chi connectivity index (χ2v) is 9.19. The first-order valence-corrected chi connectivity index (χ1v) is 11.1. The summed E-state index contributed by atoms with van der Waals surface area (Å²) in [5.74, 6) is -0.213. The quantitative estimate of drug-likeness (QED) is 0.266. The average Bonchev–Trinajstić information content (AvgIpc) is 3.32. The van der Waals surface area contributed by atoms with Gasteiger partial charge >= 0.3 is 0 Å². The van der Waals surface area contributed by atoms with Crippen molar-refractivity contribution in [1.82, 2.24) is 10.3 Å². The first kappa shape index (κ1) is 18.5. The number of nitrogens with one attached hydrogen (secondary N) is 2. The number of fused-ring (bicyclic) bond motifs is 1. The smallest absolute Gasteiger partial charge is 0.267 e. The highest BCUT2D eigenvalue weighted by atomic mass is 127. The van der Waals surface area contributed by atoms with Crippen LogP contribution in [0.1, 0.15) is 9.67 Å². The minimum absolute atomic E-state index is 0.213. The van der Waals surface area contributed by atoms with Crippen LogP contribution in [0.5, 0.6) is 0 Å². The lowest BCUT2D eigenvalue weighted by Gasteiger charge is -2.12. The van der Waals surface area contributed by atoms with Crippen molar-refractivity contribution in [2.24, 2.45) is 0 Å². The molecule has 0 saturated carbocycles. The number of hydrogen-bond donors (Lipinski definition) is 2. The van der Waals surface area contributed by atoms with Crippen LogP contribution >= 0.6 is 57.5 Å². The van der Waals surface area contributed by atoms with E-state index in [1.165, 1.54) is 11.3 Å². The van der Waals surface area contributed by atoms with E-state index in [2.05, 4.69) is 45.4 Å². The molecule has 4 aromatic rings. The second kappa shape index (κ2) is 8.01. The maximum Gasteiger partial charge on any atom is 0.267 e. The predicted molar refractivity (Wildman–Crippen MR) is 126 cm³/mol. The number of para-hydroxylation sites is 1. The maximum atomic E-state index is 12.2. The number of nitrogens with zero attached hydrogens (tertiary/aromatic N) is 1. The van der Waals surface area contributed by atoms with E-state index in [0.29, 0.717) is 4.88 Å². The Balaban J connectivity index is 1.61. The molecule has 0 aliphatic rings. The molecule has 0 unspecified atom stereocenters. The summed E-state index contributed by atoms with van der Waals surface area (Å²) in [6.07, 6.45) is 0. The van der Waals surface area contributed by atoms with Crippen molar-refractivity contribution in [1.29, 1.82) is 0 Å². The minimum atomic E-state index is -0.213. The number of carbonyl (C=O) groups is 1. The number of anilines is 1. The van der Waals surface area contributed by atoms with Gasteiger partial charge in [0.1, 0.15) is 5.01 Å². The summed E-state index contributed by atoms with van der Waals surface area (Å²) >= 11 is 10.6. The second-order valence-electron chi connectivity index (χ2n) is 5.56. The van der Waals surface area contributed by atoms with Crippen molar-refractivity contribution < 1.29 is 4.79 Å². The Morgan fingerprint density at radius 1 is 1.11 bits per heavy atom. The molecule has 1 amide bonds. The summed E-state index contributed by atoms with van der Waals surface area (Å²) in [4.78, 5) is 17.6. The third kappa shape index (κ3) is 4.18. The van der Waals surface area contributed by atoms with E-state index in [4.69, 9.17) is 17.2 Å². The van der Waals surface area contributed by atoms with E-state index in [9.17, 15) is 4.79 Å². The topological polar surface area (TPSA) is 54.0 Å². The Kier molecular flexibility index (Phi) is 5.48. The Hall–Kier alpha value is -1.88. The van der Waals surface area contributed by atoms with Crippen LogP contribution in [0.15, 0.2) is 60.0 Å². The number of halogens is 1. The number of hydrogen-bond acceptors (Lipinski definition) is 5. The number of thiazole rings is 1. The summed E-state index contributed by atoms with van der Waals surface area (Å²) in [5.41, 5.74) is 2.73. The van der Waals surface area contributed by atoms with Crippen LogP contribution in [0.2, 0.25) is 0 Å². The van der Waals surface area contributed by atoms with Crippen molar-refractivity contribution >= 4 is 84.4 Å². The molecule has 0 spiro atoms. The van der Waals surface area contributed by atoms with Gasteiger partial charge in [0.15, 0.2) is 5.11 Å². The zero-order chi connectivity index (χ0) is 18.8. The van der Waals surface area contributed by atoms with Gasteiger partial charge in [-0.3, -0.25) is 10.1 Å². The first-order chi connectivity index (χ1) is 13.1. The fourth-order valence-corrected chi connectivity index (χ4v) is 4.82. The molecule has 2 heterocycles. The fraction of sp³-hybridized carbons (Fsp3) is 0. The van der Waals surface area contributed by atoms with Gasteiger partial charge in [-0.2, -0.15) is 0 Å². The highest BCUT2D eigenvalue weighted by molar-refractivity contribution is 14.1. The maximum absolute atomic E-state index is 12.2. The Morgan fingerprint density at radius 3 is 2.74 bits per heavy atom. The molecular formula is C19H12IN3OS3. The summed E-state index contributed by atoms with van der Waals surface area (Å²) in [7, 11) is 0. The Bertz CT molecular complexity index is 1110. The molecule has 0 aliphatic carbocycles. The molecule has 0 bridgehead atoms. The standard InChI is InChI=1S/C19H12IN3OS3/c20-11-7-8-13(22-19(25)23-17(24)16-6-3-9-26-16)12(10-11)18-21-14-4-1-2-5-15(14)27-18/h1-10H,(H2,22,23,24,25). The van der Waals surface area contributed by atoms with E-state index in [0.717, 1.165) is 30.0 Å². The zero-order valence-corrected chi connectivity index (χ0v) is 18.3. The van der Waals surface area contributed by atoms with Crippen molar-refractivity contribution in [3.63, 3.8) is 0 Å². The van der Waals surface area contributed by atoms with E-state index in [1.807, 2.05) is 41.8 Å². The van der Waals surface area contributed by atoms with Gasteiger partial charge in [-0.1, -0.05) is 18.2 Å². The van der Waals surface area contributed by atoms with Gasteiger partial charge in [-0.15, -0.1) is 22.7 Å². The van der Waals surface area contributed by atoms with Gasteiger partial charge < -0.3 is 5.32 Å². The van der Waals surface area contributed by atoms with Crippen LogP contribution in [0, 0.1) is 3.57 Å². The lowest BCUT2D eigenvalue weighted by atomic mass is 10.2. The lowest BCUT2D eigenvalue weighted by molar-refractivity contribution is 0.0981. The molecule has 4 rings (SSSR count). The highest BCUT2D eigenvalue weighted by Crippen LogP contribution is 2.35. The zero-order valence-electron chi connectivity index (χ0n) is 13.7. The fourth-order valence-electron chi connectivity index (χ4n) is 2.52. The molecule has 4 nitrogen and oxygen atoms in total. The Labute approximate surface area is 182 Å². The minimum Gasteiger partial charge on any atom is -0.332 e. The lowest BCUT2D eigenvalue weighted by Crippen LogP contribution is -2.33. The molecule has 8 heteroatoms. The number of amides is 1. The number of carbonyl (C=O) groups excluding carboxylic acids is 1. The van der Waals surface area contributed by atoms with Crippen LogP contribution in [-0.4, -0.2) is 16.0 Å². The highest BCUT2D eigenvalue weighted by Gasteiger charge is 2.14. The molecule has 0 atom stereocenters. The normalized spacial score (nSPS) is 10.7. The van der Waals surface area contributed by atoms with Crippen molar-refractivity contribution in [2.45, 2.75) is 0 Å². The van der Waals surface area contributed by atoms with Gasteiger partial charge in [0, 0.05) is 9.13 Å². The van der Waals surface area contributed by atoms with Crippen LogP contribution in [0.3, 0.4) is 0 Å². The molecule has 2 aromatic carbocycles. The SMILES string of the molecule is O=C(NC(=S)Nc1ccc(I)cc1-c1nc2ccccc2s1)c1cccs1. The molecule has 134 valence electrons. The number of thiophene rings is 1. The monoisotopic (exact) mass is 521 g/mol. The molecule has 2 N–H and O–H groups in total. The third-order valence-electron chi connectivity index (χ3n) is 3.73. The van der Waals surface area contributed by atoms with Crippen molar-refractivity contribution in [3.05, 3.63) is 68.4 Å². The number of aromatic nitrogens is 1. The van der Waals surface area contributed by atoms with Gasteiger partial charge in [0.05, 0.1) is 20.8 Å². The molecule has 2 aromatic heterocycles. The summed E-state index contributed by atoms with van der Waals surface area (Å²) in [6.45, 7) is 0. The third-order valence-corrected chi connectivity index (χ3v) is 6.54. The van der Waals surface area contributed by atoms with Crippen molar-refractivity contribution in [3.8, 4) is 10.6 Å². The van der Waals surface area contributed by atoms with Crippen molar-refractivity contribution in [2.75, 3.05) is 5.32 Å². The summed E-state index contributed by atoms with van der Waals surface area (Å²) < 4.78 is 2.23. The van der Waals surface area contributed by atoms with Crippen LogP contribution in [0.25, 0.3) is 20.8 Å². The Morgan fingerprint density at radius 2 is 1.96 bits per heavy atom. The van der Waals surface area contributed by atoms with Gasteiger partial charge in [0.25, 0.3) is 5.91 Å². The first-order valence-electron chi connectivity index (χ1n) is 7.91. The van der Waals surface area contributed by atoms with Gasteiger partial charge in [0.2, 0.25) is 0 Å². The van der Waals surface area contributed by atoms with Crippen LogP contribution in [0.4, 0.5) is 5.69 Å². The van der Waals surface area contributed by atoms with Crippen LogP contribution < -0.4 is 10.6 Å². The van der Waals surface area contributed by atoms with Gasteiger partial charge in [-0.05, 0) is 76.6 Å². The summed E-state index contributed by atoms with van der Waals surface area (Å²) in [6, 6.07) is 17.6. The summed E-state index contributed by atoms with van der Waals surface area (Å²) in [5, 5.41) is 8.89. The molecule has 0 saturated heterocycles. The number of rotatable bonds is 3.